The third-order valence-electron chi connectivity index (χ3n) is 2.06. The van der Waals surface area contributed by atoms with Gasteiger partial charge in [0.2, 0.25) is 5.91 Å². The van der Waals surface area contributed by atoms with E-state index in [2.05, 4.69) is 5.32 Å². The predicted molar refractivity (Wildman–Crippen MR) is 43.6 cm³/mol. The molecule has 1 amide bonds. The molecule has 3 nitrogen and oxygen atoms in total. The monoisotopic (exact) mass is 154 g/mol. The molecule has 0 aromatic heterocycles. The van der Waals surface area contributed by atoms with Crippen molar-refractivity contribution in [1.82, 2.24) is 5.32 Å². The molecule has 1 heterocycles. The topological polar surface area (TPSA) is 55.1 Å². The van der Waals surface area contributed by atoms with Crippen molar-refractivity contribution in [2.24, 2.45) is 17.6 Å². The highest BCUT2D eigenvalue weighted by Crippen LogP contribution is 2.18. The lowest BCUT2D eigenvalue weighted by atomic mass is 9.90. The maximum atomic E-state index is 11.2. The normalized spacial score (nSPS) is 31.2. The first-order valence-corrected chi connectivity index (χ1v) is 3.84. The van der Waals surface area contributed by atoms with Gasteiger partial charge in [0, 0.05) is 12.2 Å². The van der Waals surface area contributed by atoms with Gasteiger partial charge in [-0.25, -0.2) is 0 Å². The van der Waals surface area contributed by atoms with E-state index in [9.17, 15) is 4.79 Å². The average Bonchev–Trinajstić information content (AvgIpc) is 1.85. The molecule has 62 valence electrons. The number of hydrogen-bond acceptors (Lipinski definition) is 2. The SMILES string of the molecule is CC1=CC(C)C(CN)C(=O)N1. The van der Waals surface area contributed by atoms with Crippen molar-refractivity contribution in [2.45, 2.75) is 13.8 Å². The number of carbonyl (C=O) groups excluding carboxylic acids is 1. The Balaban J connectivity index is 2.77. The predicted octanol–water partition coefficient (Wildman–Crippen LogP) is 0.231. The van der Waals surface area contributed by atoms with Gasteiger partial charge in [-0.2, -0.15) is 0 Å². The molecule has 0 aromatic carbocycles. The molecule has 2 unspecified atom stereocenters. The van der Waals surface area contributed by atoms with Crippen LogP contribution >= 0.6 is 0 Å². The van der Waals surface area contributed by atoms with Crippen molar-refractivity contribution in [3.05, 3.63) is 11.8 Å². The fraction of sp³-hybridized carbons (Fsp3) is 0.625. The summed E-state index contributed by atoms with van der Waals surface area (Å²) in [4.78, 5) is 11.2. The number of hydrogen-bond donors (Lipinski definition) is 2. The standard InChI is InChI=1S/C8H14N2O/c1-5-3-6(2)10-8(11)7(5)4-9/h3,5,7H,4,9H2,1-2H3,(H,10,11). The second-order valence-electron chi connectivity index (χ2n) is 3.04. The maximum Gasteiger partial charge on any atom is 0.229 e. The van der Waals surface area contributed by atoms with E-state index in [1.54, 1.807) is 0 Å². The van der Waals surface area contributed by atoms with Gasteiger partial charge in [0.25, 0.3) is 0 Å². The first-order valence-electron chi connectivity index (χ1n) is 3.84. The summed E-state index contributed by atoms with van der Waals surface area (Å²) >= 11 is 0. The molecule has 0 saturated carbocycles. The van der Waals surface area contributed by atoms with Gasteiger partial charge in [0.05, 0.1) is 5.92 Å². The van der Waals surface area contributed by atoms with Crippen molar-refractivity contribution in [3.8, 4) is 0 Å². The largest absolute Gasteiger partial charge is 0.330 e. The Bertz CT molecular complexity index is 198. The van der Waals surface area contributed by atoms with Crippen molar-refractivity contribution >= 4 is 5.91 Å². The van der Waals surface area contributed by atoms with Crippen LogP contribution in [0.3, 0.4) is 0 Å². The van der Waals surface area contributed by atoms with Crippen molar-refractivity contribution in [1.29, 1.82) is 0 Å². The van der Waals surface area contributed by atoms with Gasteiger partial charge in [-0.1, -0.05) is 13.0 Å². The highest BCUT2D eigenvalue weighted by molar-refractivity contribution is 5.82. The van der Waals surface area contributed by atoms with E-state index >= 15 is 0 Å². The lowest BCUT2D eigenvalue weighted by Gasteiger charge is -2.24. The first-order chi connectivity index (χ1) is 5.15. The summed E-state index contributed by atoms with van der Waals surface area (Å²) in [6, 6.07) is 0. The molecule has 0 fully saturated rings. The van der Waals surface area contributed by atoms with Crippen LogP contribution in [0.4, 0.5) is 0 Å². The fourth-order valence-electron chi connectivity index (χ4n) is 1.40. The molecule has 0 saturated heterocycles. The van der Waals surface area contributed by atoms with Gasteiger partial charge >= 0.3 is 0 Å². The summed E-state index contributed by atoms with van der Waals surface area (Å²) in [5.74, 6) is 0.285. The summed E-state index contributed by atoms with van der Waals surface area (Å²) in [6.07, 6.45) is 2.04. The second-order valence-corrected chi connectivity index (χ2v) is 3.04. The summed E-state index contributed by atoms with van der Waals surface area (Å²) in [5.41, 5.74) is 6.38. The lowest BCUT2D eigenvalue weighted by molar-refractivity contribution is -0.125. The molecular formula is C8H14N2O. The Morgan fingerprint density at radius 1 is 1.73 bits per heavy atom. The molecule has 0 aliphatic carbocycles. The molecule has 1 aliphatic heterocycles. The van der Waals surface area contributed by atoms with E-state index in [4.69, 9.17) is 5.73 Å². The number of rotatable bonds is 1. The van der Waals surface area contributed by atoms with Crippen LogP contribution < -0.4 is 11.1 Å². The van der Waals surface area contributed by atoms with Crippen LogP contribution in [0, 0.1) is 11.8 Å². The van der Waals surface area contributed by atoms with E-state index < -0.39 is 0 Å². The van der Waals surface area contributed by atoms with Gasteiger partial charge in [0.15, 0.2) is 0 Å². The molecule has 3 heteroatoms. The molecule has 0 radical (unpaired) electrons. The quantitative estimate of drug-likeness (QED) is 0.568. The number of allylic oxidation sites excluding steroid dienone is 2. The number of nitrogens with two attached hydrogens (primary N) is 1. The Hall–Kier alpha value is -0.830. The molecule has 0 spiro atoms. The minimum Gasteiger partial charge on any atom is -0.330 e. The zero-order valence-electron chi connectivity index (χ0n) is 6.92. The second kappa shape index (κ2) is 3.05. The Labute approximate surface area is 66.6 Å². The molecule has 1 rings (SSSR count). The number of carbonyl (C=O) groups is 1. The molecule has 0 aromatic rings. The van der Waals surface area contributed by atoms with Gasteiger partial charge in [0.1, 0.15) is 0 Å². The summed E-state index contributed by atoms with van der Waals surface area (Å²) in [5, 5.41) is 2.75. The summed E-state index contributed by atoms with van der Waals surface area (Å²) in [6.45, 7) is 4.33. The van der Waals surface area contributed by atoms with Crippen molar-refractivity contribution in [2.75, 3.05) is 6.54 Å². The fourth-order valence-corrected chi connectivity index (χ4v) is 1.40. The van der Waals surface area contributed by atoms with Crippen LogP contribution in [0.5, 0.6) is 0 Å². The number of amides is 1. The van der Waals surface area contributed by atoms with Crippen LogP contribution in [-0.2, 0) is 4.79 Å². The maximum absolute atomic E-state index is 11.2. The zero-order chi connectivity index (χ0) is 8.43. The van der Waals surface area contributed by atoms with E-state index in [1.807, 2.05) is 19.9 Å². The third kappa shape index (κ3) is 1.60. The lowest BCUT2D eigenvalue weighted by Crippen LogP contribution is -2.40. The zero-order valence-corrected chi connectivity index (χ0v) is 6.92. The Morgan fingerprint density at radius 2 is 2.36 bits per heavy atom. The van der Waals surface area contributed by atoms with Crippen LogP contribution in [0.1, 0.15) is 13.8 Å². The highest BCUT2D eigenvalue weighted by atomic mass is 16.2. The molecule has 0 bridgehead atoms. The van der Waals surface area contributed by atoms with Crippen LogP contribution in [0.15, 0.2) is 11.8 Å². The molecule has 11 heavy (non-hydrogen) atoms. The molecule has 2 atom stereocenters. The van der Waals surface area contributed by atoms with E-state index in [0.717, 1.165) is 5.70 Å². The third-order valence-corrected chi connectivity index (χ3v) is 2.06. The van der Waals surface area contributed by atoms with Crippen LogP contribution in [0.25, 0.3) is 0 Å². The number of nitrogens with one attached hydrogen (secondary N) is 1. The first kappa shape index (κ1) is 8.27. The van der Waals surface area contributed by atoms with Gasteiger partial charge in [-0.05, 0) is 12.8 Å². The Morgan fingerprint density at radius 3 is 2.82 bits per heavy atom. The molecule has 1 aliphatic rings. The smallest absolute Gasteiger partial charge is 0.229 e. The van der Waals surface area contributed by atoms with Crippen LogP contribution in [-0.4, -0.2) is 12.5 Å². The van der Waals surface area contributed by atoms with Gasteiger partial charge < -0.3 is 11.1 Å². The van der Waals surface area contributed by atoms with Crippen LogP contribution in [0.2, 0.25) is 0 Å². The summed E-state index contributed by atoms with van der Waals surface area (Å²) < 4.78 is 0. The minimum atomic E-state index is -0.0429. The van der Waals surface area contributed by atoms with Crippen molar-refractivity contribution < 1.29 is 4.79 Å². The molecule has 3 N–H and O–H groups in total. The van der Waals surface area contributed by atoms with E-state index in [0.29, 0.717) is 6.54 Å². The molecular weight excluding hydrogens is 140 g/mol. The minimum absolute atomic E-state index is 0.0429. The van der Waals surface area contributed by atoms with E-state index in [-0.39, 0.29) is 17.7 Å². The van der Waals surface area contributed by atoms with Crippen molar-refractivity contribution in [3.63, 3.8) is 0 Å². The average molecular weight is 154 g/mol. The Kier molecular flexibility index (Phi) is 2.29. The van der Waals surface area contributed by atoms with Gasteiger partial charge in [-0.3, -0.25) is 4.79 Å². The van der Waals surface area contributed by atoms with Gasteiger partial charge in [-0.15, -0.1) is 0 Å². The highest BCUT2D eigenvalue weighted by Gasteiger charge is 2.25. The van der Waals surface area contributed by atoms with E-state index in [1.165, 1.54) is 0 Å². The summed E-state index contributed by atoms with van der Waals surface area (Å²) in [7, 11) is 0.